The van der Waals surface area contributed by atoms with Gasteiger partial charge in [0.1, 0.15) is 11.6 Å². The van der Waals surface area contributed by atoms with Crippen LogP contribution in [0.3, 0.4) is 0 Å². The molecule has 1 fully saturated rings. The standard InChI is InChI=1S/C24H34N4O4/c1-16(2)21(29)26-20(14-17-15-25-19-9-7-6-8-18(17)19)22(30)27-10-12-28(13-11-27)23(31)32-24(3,4)5/h6-9,15-16,20,25H,10-14H2,1-5H3,(H,26,29). The third-order valence-electron chi connectivity index (χ3n) is 5.48. The van der Waals surface area contributed by atoms with E-state index in [1.54, 1.807) is 9.80 Å². The highest BCUT2D eigenvalue weighted by molar-refractivity contribution is 5.90. The van der Waals surface area contributed by atoms with Gasteiger partial charge in [-0.05, 0) is 32.4 Å². The number of ether oxygens (including phenoxy) is 1. The number of H-pyrrole nitrogens is 1. The van der Waals surface area contributed by atoms with Gasteiger partial charge in [0.2, 0.25) is 11.8 Å². The molecule has 1 unspecified atom stereocenters. The highest BCUT2D eigenvalue weighted by Gasteiger charge is 2.32. The van der Waals surface area contributed by atoms with E-state index in [0.717, 1.165) is 16.5 Å². The fraction of sp³-hybridized carbons (Fsp3) is 0.542. The zero-order valence-corrected chi connectivity index (χ0v) is 19.6. The SMILES string of the molecule is CC(C)C(=O)NC(Cc1c[nH]c2ccccc12)C(=O)N1CCN(C(=O)OC(C)(C)C)CC1. The van der Waals surface area contributed by atoms with Crippen LogP contribution in [0.15, 0.2) is 30.5 Å². The van der Waals surface area contributed by atoms with Crippen LogP contribution in [0.25, 0.3) is 10.9 Å². The number of nitrogens with zero attached hydrogens (tertiary/aromatic N) is 2. The lowest BCUT2D eigenvalue weighted by atomic mass is 10.0. The number of benzene rings is 1. The Hall–Kier alpha value is -3.03. The van der Waals surface area contributed by atoms with Crippen LogP contribution in [0.2, 0.25) is 0 Å². The highest BCUT2D eigenvalue weighted by atomic mass is 16.6. The lowest BCUT2D eigenvalue weighted by molar-refractivity contribution is -0.138. The second-order valence-corrected chi connectivity index (χ2v) is 9.57. The van der Waals surface area contributed by atoms with E-state index in [2.05, 4.69) is 10.3 Å². The predicted octanol–water partition coefficient (Wildman–Crippen LogP) is 2.93. The molecule has 2 N–H and O–H groups in total. The van der Waals surface area contributed by atoms with Crippen molar-refractivity contribution in [3.63, 3.8) is 0 Å². The van der Waals surface area contributed by atoms with E-state index in [9.17, 15) is 14.4 Å². The molecular weight excluding hydrogens is 408 g/mol. The minimum atomic E-state index is -0.669. The van der Waals surface area contributed by atoms with Crippen molar-refractivity contribution in [2.45, 2.75) is 52.7 Å². The number of hydrogen-bond acceptors (Lipinski definition) is 4. The first-order valence-corrected chi connectivity index (χ1v) is 11.2. The molecule has 1 saturated heterocycles. The number of rotatable bonds is 5. The quantitative estimate of drug-likeness (QED) is 0.744. The van der Waals surface area contributed by atoms with E-state index in [4.69, 9.17) is 4.74 Å². The Morgan fingerprint density at radius 3 is 2.31 bits per heavy atom. The van der Waals surface area contributed by atoms with E-state index in [0.29, 0.717) is 32.6 Å². The summed E-state index contributed by atoms with van der Waals surface area (Å²) in [6.07, 6.45) is 1.92. The molecule has 0 spiro atoms. The minimum Gasteiger partial charge on any atom is -0.444 e. The number of piperazine rings is 1. The van der Waals surface area contributed by atoms with Crippen LogP contribution in [-0.4, -0.2) is 70.5 Å². The first-order chi connectivity index (χ1) is 15.0. The normalized spacial score (nSPS) is 15.7. The van der Waals surface area contributed by atoms with Crippen LogP contribution >= 0.6 is 0 Å². The molecule has 1 aromatic carbocycles. The Morgan fingerprint density at radius 1 is 1.06 bits per heavy atom. The maximum absolute atomic E-state index is 13.4. The molecule has 0 bridgehead atoms. The van der Waals surface area contributed by atoms with Gasteiger partial charge in [-0.3, -0.25) is 9.59 Å². The summed E-state index contributed by atoms with van der Waals surface area (Å²) in [4.78, 5) is 44.7. The Labute approximate surface area is 189 Å². The average molecular weight is 443 g/mol. The molecular formula is C24H34N4O4. The first kappa shape index (κ1) is 23.6. The highest BCUT2D eigenvalue weighted by Crippen LogP contribution is 2.20. The van der Waals surface area contributed by atoms with E-state index < -0.39 is 11.6 Å². The second-order valence-electron chi connectivity index (χ2n) is 9.57. The minimum absolute atomic E-state index is 0.131. The molecule has 174 valence electrons. The molecule has 1 aliphatic rings. The summed E-state index contributed by atoms with van der Waals surface area (Å²) in [5, 5.41) is 3.97. The Kier molecular flexibility index (Phi) is 7.11. The lowest BCUT2D eigenvalue weighted by Crippen LogP contribution is -2.57. The molecule has 8 heteroatoms. The molecule has 1 aromatic heterocycles. The Balaban J connectivity index is 1.70. The van der Waals surface area contributed by atoms with Crippen LogP contribution < -0.4 is 5.32 Å². The summed E-state index contributed by atoms with van der Waals surface area (Å²) in [6, 6.07) is 7.23. The van der Waals surface area contributed by atoms with E-state index in [1.165, 1.54) is 0 Å². The Bertz CT molecular complexity index is 968. The van der Waals surface area contributed by atoms with Gasteiger partial charge < -0.3 is 24.8 Å². The van der Waals surface area contributed by atoms with Crippen molar-refractivity contribution < 1.29 is 19.1 Å². The smallest absolute Gasteiger partial charge is 0.410 e. The maximum Gasteiger partial charge on any atom is 0.410 e. The zero-order chi connectivity index (χ0) is 23.5. The summed E-state index contributed by atoms with van der Waals surface area (Å²) in [7, 11) is 0. The fourth-order valence-electron chi connectivity index (χ4n) is 3.72. The van der Waals surface area contributed by atoms with Crippen molar-refractivity contribution in [3.8, 4) is 0 Å². The molecule has 3 rings (SSSR count). The van der Waals surface area contributed by atoms with Crippen molar-refractivity contribution in [2.75, 3.05) is 26.2 Å². The van der Waals surface area contributed by atoms with Crippen molar-refractivity contribution >= 4 is 28.8 Å². The third kappa shape index (κ3) is 5.81. The lowest BCUT2D eigenvalue weighted by Gasteiger charge is -2.37. The second kappa shape index (κ2) is 9.63. The van der Waals surface area contributed by atoms with Crippen molar-refractivity contribution in [1.82, 2.24) is 20.1 Å². The molecule has 2 heterocycles. The van der Waals surface area contributed by atoms with E-state index in [1.807, 2.05) is 65.1 Å². The number of carbonyl (C=O) groups is 3. The zero-order valence-electron chi connectivity index (χ0n) is 19.6. The van der Waals surface area contributed by atoms with Gasteiger partial charge in [0.05, 0.1) is 0 Å². The molecule has 0 saturated carbocycles. The van der Waals surface area contributed by atoms with Crippen molar-refractivity contribution in [3.05, 3.63) is 36.0 Å². The molecule has 0 radical (unpaired) electrons. The van der Waals surface area contributed by atoms with Gasteiger partial charge in [-0.15, -0.1) is 0 Å². The summed E-state index contributed by atoms with van der Waals surface area (Å²) < 4.78 is 5.43. The molecule has 32 heavy (non-hydrogen) atoms. The summed E-state index contributed by atoms with van der Waals surface area (Å²) in [5.41, 5.74) is 1.42. The molecule has 1 atom stereocenters. The fourth-order valence-corrected chi connectivity index (χ4v) is 3.72. The van der Waals surface area contributed by atoms with Gasteiger partial charge in [0, 0.05) is 55.6 Å². The van der Waals surface area contributed by atoms with Gasteiger partial charge in [-0.2, -0.15) is 0 Å². The van der Waals surface area contributed by atoms with Crippen molar-refractivity contribution in [1.29, 1.82) is 0 Å². The van der Waals surface area contributed by atoms with Crippen LogP contribution in [0.1, 0.15) is 40.2 Å². The number of aromatic nitrogens is 1. The topological polar surface area (TPSA) is 94.7 Å². The monoisotopic (exact) mass is 442 g/mol. The summed E-state index contributed by atoms with van der Waals surface area (Å²) in [5.74, 6) is -0.513. The number of para-hydroxylation sites is 1. The van der Waals surface area contributed by atoms with Crippen LogP contribution in [0.5, 0.6) is 0 Å². The number of aromatic amines is 1. The molecule has 8 nitrogen and oxygen atoms in total. The van der Waals surface area contributed by atoms with Gasteiger partial charge in [0.25, 0.3) is 0 Å². The largest absolute Gasteiger partial charge is 0.444 e. The molecule has 3 amide bonds. The van der Waals surface area contributed by atoms with E-state index >= 15 is 0 Å². The van der Waals surface area contributed by atoms with Crippen molar-refractivity contribution in [2.24, 2.45) is 5.92 Å². The maximum atomic E-state index is 13.4. The summed E-state index contributed by atoms with van der Waals surface area (Å²) in [6.45, 7) is 10.7. The van der Waals surface area contributed by atoms with Crippen LogP contribution in [0.4, 0.5) is 4.79 Å². The number of amides is 3. The first-order valence-electron chi connectivity index (χ1n) is 11.2. The number of fused-ring (bicyclic) bond motifs is 1. The van der Waals surface area contributed by atoms with Gasteiger partial charge in [0.15, 0.2) is 0 Å². The molecule has 1 aliphatic heterocycles. The van der Waals surface area contributed by atoms with E-state index in [-0.39, 0.29) is 23.8 Å². The van der Waals surface area contributed by atoms with Crippen LogP contribution in [-0.2, 0) is 20.7 Å². The number of carbonyl (C=O) groups excluding carboxylic acids is 3. The number of nitrogens with one attached hydrogen (secondary N) is 2. The van der Waals surface area contributed by atoms with Gasteiger partial charge in [-0.1, -0.05) is 32.0 Å². The van der Waals surface area contributed by atoms with Gasteiger partial charge >= 0.3 is 6.09 Å². The molecule has 0 aliphatic carbocycles. The predicted molar refractivity (Wildman–Crippen MR) is 123 cm³/mol. The number of hydrogen-bond donors (Lipinski definition) is 2. The van der Waals surface area contributed by atoms with Gasteiger partial charge in [-0.25, -0.2) is 4.79 Å². The molecule has 2 aromatic rings. The summed E-state index contributed by atoms with van der Waals surface area (Å²) >= 11 is 0. The average Bonchev–Trinajstić information content (AvgIpc) is 3.14. The third-order valence-corrected chi connectivity index (χ3v) is 5.48. The van der Waals surface area contributed by atoms with Crippen LogP contribution in [0, 0.1) is 5.92 Å². The Morgan fingerprint density at radius 2 is 1.69 bits per heavy atom.